The molecule has 0 saturated carbocycles. The number of hydrogen-bond donors (Lipinski definition) is 1. The standard InChI is InChI=1S/C20H27ClFN3O2/c21-16-7-6-8-17(22)15(16)14-25-12-9-23-20(27)18(25)13-19(26)24-10-4-2-1-3-5-11-24/h6-8,18H,1-5,9-14H2,(H,23,27). The van der Waals surface area contributed by atoms with Crippen molar-refractivity contribution in [3.63, 3.8) is 0 Å². The molecule has 2 saturated heterocycles. The highest BCUT2D eigenvalue weighted by Gasteiger charge is 2.33. The third-order valence-corrected chi connectivity index (χ3v) is 5.80. The molecule has 2 heterocycles. The summed E-state index contributed by atoms with van der Waals surface area (Å²) >= 11 is 6.15. The van der Waals surface area contributed by atoms with E-state index in [1.807, 2.05) is 9.80 Å². The van der Waals surface area contributed by atoms with E-state index in [9.17, 15) is 14.0 Å². The maximum Gasteiger partial charge on any atom is 0.237 e. The Morgan fingerprint density at radius 1 is 1.15 bits per heavy atom. The molecule has 0 bridgehead atoms. The number of nitrogens with one attached hydrogen (secondary N) is 1. The number of rotatable bonds is 4. The van der Waals surface area contributed by atoms with Gasteiger partial charge in [0.25, 0.3) is 0 Å². The maximum absolute atomic E-state index is 14.2. The Morgan fingerprint density at radius 2 is 1.85 bits per heavy atom. The van der Waals surface area contributed by atoms with Crippen molar-refractivity contribution in [1.82, 2.24) is 15.1 Å². The Balaban J connectivity index is 1.70. The first-order valence-corrected chi connectivity index (χ1v) is 10.2. The molecular formula is C20H27ClFN3O2. The van der Waals surface area contributed by atoms with Gasteiger partial charge in [0.15, 0.2) is 0 Å². The van der Waals surface area contributed by atoms with Crippen LogP contribution < -0.4 is 5.32 Å². The summed E-state index contributed by atoms with van der Waals surface area (Å²) in [4.78, 5) is 29.0. The fourth-order valence-electron chi connectivity index (χ4n) is 3.85. The molecule has 2 aliphatic heterocycles. The Kier molecular flexibility index (Phi) is 7.07. The van der Waals surface area contributed by atoms with Gasteiger partial charge in [-0.15, -0.1) is 0 Å². The van der Waals surface area contributed by atoms with Crippen LogP contribution in [-0.4, -0.2) is 53.8 Å². The fourth-order valence-corrected chi connectivity index (χ4v) is 4.07. The van der Waals surface area contributed by atoms with Crippen LogP contribution in [0, 0.1) is 5.82 Å². The first kappa shape index (κ1) is 20.1. The normalized spacial score (nSPS) is 22.1. The molecule has 7 heteroatoms. The van der Waals surface area contributed by atoms with Crippen molar-refractivity contribution in [2.24, 2.45) is 0 Å². The summed E-state index contributed by atoms with van der Waals surface area (Å²) in [6.45, 7) is 2.78. The smallest absolute Gasteiger partial charge is 0.237 e. The average Bonchev–Trinajstić information content (AvgIpc) is 2.60. The van der Waals surface area contributed by atoms with Crippen LogP contribution in [0.25, 0.3) is 0 Å². The highest BCUT2D eigenvalue weighted by Crippen LogP contribution is 2.23. The summed E-state index contributed by atoms with van der Waals surface area (Å²) in [6, 6.07) is 3.98. The zero-order valence-electron chi connectivity index (χ0n) is 15.6. The zero-order valence-corrected chi connectivity index (χ0v) is 16.3. The molecule has 1 unspecified atom stereocenters. The summed E-state index contributed by atoms with van der Waals surface area (Å²) < 4.78 is 14.2. The van der Waals surface area contributed by atoms with Crippen molar-refractivity contribution in [1.29, 1.82) is 0 Å². The molecule has 0 aliphatic carbocycles. The number of halogens is 2. The molecule has 3 rings (SSSR count). The van der Waals surface area contributed by atoms with Crippen molar-refractivity contribution in [3.8, 4) is 0 Å². The van der Waals surface area contributed by atoms with E-state index in [-0.39, 0.29) is 30.6 Å². The minimum Gasteiger partial charge on any atom is -0.353 e. The number of piperazine rings is 1. The maximum atomic E-state index is 14.2. The van der Waals surface area contributed by atoms with E-state index in [0.29, 0.717) is 23.7 Å². The molecule has 1 aromatic carbocycles. The first-order valence-electron chi connectivity index (χ1n) is 9.78. The molecule has 2 aliphatic rings. The van der Waals surface area contributed by atoms with E-state index in [1.54, 1.807) is 12.1 Å². The summed E-state index contributed by atoms with van der Waals surface area (Å²) in [5, 5.41) is 3.17. The number of likely N-dealkylation sites (tertiary alicyclic amines) is 1. The monoisotopic (exact) mass is 395 g/mol. The van der Waals surface area contributed by atoms with Gasteiger partial charge < -0.3 is 10.2 Å². The van der Waals surface area contributed by atoms with Crippen LogP contribution in [0.15, 0.2) is 18.2 Å². The number of hydrogen-bond acceptors (Lipinski definition) is 3. The van der Waals surface area contributed by atoms with Crippen LogP contribution in [0.5, 0.6) is 0 Å². The summed E-state index contributed by atoms with van der Waals surface area (Å²) in [6.07, 6.45) is 5.66. The molecule has 0 aromatic heterocycles. The topological polar surface area (TPSA) is 52.7 Å². The van der Waals surface area contributed by atoms with E-state index >= 15 is 0 Å². The van der Waals surface area contributed by atoms with Crippen LogP contribution in [0.1, 0.15) is 44.1 Å². The lowest BCUT2D eigenvalue weighted by atomic mass is 10.0. The minimum atomic E-state index is -0.590. The first-order chi connectivity index (χ1) is 13.1. The molecule has 148 valence electrons. The minimum absolute atomic E-state index is 0.00332. The summed E-state index contributed by atoms with van der Waals surface area (Å²) in [5.74, 6) is -0.556. The van der Waals surface area contributed by atoms with Gasteiger partial charge in [-0.1, -0.05) is 36.9 Å². The number of carbonyl (C=O) groups is 2. The fraction of sp³-hybridized carbons (Fsp3) is 0.600. The van der Waals surface area contributed by atoms with Gasteiger partial charge in [-0.05, 0) is 25.0 Å². The van der Waals surface area contributed by atoms with Crippen LogP contribution in [-0.2, 0) is 16.1 Å². The van der Waals surface area contributed by atoms with Crippen LogP contribution >= 0.6 is 11.6 Å². The largest absolute Gasteiger partial charge is 0.353 e. The number of nitrogens with zero attached hydrogens (tertiary/aromatic N) is 2. The number of benzene rings is 1. The molecule has 1 N–H and O–H groups in total. The molecule has 5 nitrogen and oxygen atoms in total. The van der Waals surface area contributed by atoms with E-state index in [2.05, 4.69) is 5.32 Å². The van der Waals surface area contributed by atoms with Crippen molar-refractivity contribution in [2.45, 2.75) is 51.1 Å². The Morgan fingerprint density at radius 3 is 2.56 bits per heavy atom. The van der Waals surface area contributed by atoms with Gasteiger partial charge in [-0.2, -0.15) is 0 Å². The van der Waals surface area contributed by atoms with Gasteiger partial charge in [0.1, 0.15) is 5.82 Å². The number of carbonyl (C=O) groups excluding carboxylic acids is 2. The van der Waals surface area contributed by atoms with Gasteiger partial charge in [0, 0.05) is 43.3 Å². The lowest BCUT2D eigenvalue weighted by molar-refractivity contribution is -0.139. The third-order valence-electron chi connectivity index (χ3n) is 5.44. The molecule has 27 heavy (non-hydrogen) atoms. The predicted molar refractivity (Wildman–Crippen MR) is 103 cm³/mol. The van der Waals surface area contributed by atoms with E-state index in [1.165, 1.54) is 12.5 Å². The van der Waals surface area contributed by atoms with Crippen molar-refractivity contribution in [2.75, 3.05) is 26.2 Å². The Labute approximate surface area is 164 Å². The van der Waals surface area contributed by atoms with Gasteiger partial charge in [0.2, 0.25) is 11.8 Å². The highest BCUT2D eigenvalue weighted by molar-refractivity contribution is 6.31. The van der Waals surface area contributed by atoms with Gasteiger partial charge in [-0.25, -0.2) is 4.39 Å². The molecule has 1 atom stereocenters. The molecule has 1 aromatic rings. The quantitative estimate of drug-likeness (QED) is 0.852. The van der Waals surface area contributed by atoms with E-state index in [4.69, 9.17) is 11.6 Å². The van der Waals surface area contributed by atoms with Gasteiger partial charge >= 0.3 is 0 Å². The SMILES string of the molecule is O=C1NCCN(Cc2c(F)cccc2Cl)C1CC(=O)N1CCCCCCC1. The van der Waals surface area contributed by atoms with Crippen molar-refractivity contribution >= 4 is 23.4 Å². The Hall–Kier alpha value is -1.66. The lowest BCUT2D eigenvalue weighted by Crippen LogP contribution is -2.56. The predicted octanol–water partition coefficient (Wildman–Crippen LogP) is 2.96. The molecule has 2 amide bonds. The van der Waals surface area contributed by atoms with Gasteiger partial charge in [0.05, 0.1) is 12.5 Å². The molecular weight excluding hydrogens is 369 g/mol. The number of amides is 2. The second-order valence-corrected chi connectivity index (χ2v) is 7.74. The second-order valence-electron chi connectivity index (χ2n) is 7.33. The molecule has 0 spiro atoms. The Bertz CT molecular complexity index is 657. The second kappa shape index (κ2) is 9.51. The zero-order chi connectivity index (χ0) is 19.2. The van der Waals surface area contributed by atoms with Crippen molar-refractivity contribution in [3.05, 3.63) is 34.6 Å². The highest BCUT2D eigenvalue weighted by atomic mass is 35.5. The van der Waals surface area contributed by atoms with E-state index in [0.717, 1.165) is 38.8 Å². The third kappa shape index (κ3) is 5.20. The summed E-state index contributed by atoms with van der Waals surface area (Å²) in [7, 11) is 0. The van der Waals surface area contributed by atoms with Crippen LogP contribution in [0.2, 0.25) is 5.02 Å². The van der Waals surface area contributed by atoms with E-state index < -0.39 is 6.04 Å². The van der Waals surface area contributed by atoms with Gasteiger partial charge in [-0.3, -0.25) is 14.5 Å². The van der Waals surface area contributed by atoms with Crippen molar-refractivity contribution < 1.29 is 14.0 Å². The molecule has 2 fully saturated rings. The van der Waals surface area contributed by atoms with Crippen LogP contribution in [0.3, 0.4) is 0 Å². The average molecular weight is 396 g/mol. The lowest BCUT2D eigenvalue weighted by Gasteiger charge is -2.36. The van der Waals surface area contributed by atoms with Crippen LogP contribution in [0.4, 0.5) is 4.39 Å². The molecule has 0 radical (unpaired) electrons. The summed E-state index contributed by atoms with van der Waals surface area (Å²) in [5.41, 5.74) is 0.373.